The van der Waals surface area contributed by atoms with Crippen LogP contribution in [0.15, 0.2) is 17.0 Å². The number of fused-ring (bicyclic) bond motifs is 1. The molecule has 1 saturated heterocycles. The molecule has 0 aromatic heterocycles. The van der Waals surface area contributed by atoms with Crippen LogP contribution in [-0.4, -0.2) is 51.1 Å². The monoisotopic (exact) mass is 389 g/mol. The van der Waals surface area contributed by atoms with Gasteiger partial charge in [-0.3, -0.25) is 4.79 Å². The van der Waals surface area contributed by atoms with Gasteiger partial charge in [-0.15, -0.1) is 0 Å². The van der Waals surface area contributed by atoms with E-state index < -0.39 is 21.4 Å². The predicted molar refractivity (Wildman–Crippen MR) is 90.7 cm³/mol. The molecule has 0 bridgehead atoms. The van der Waals surface area contributed by atoms with Crippen LogP contribution in [0.2, 0.25) is 5.02 Å². The highest BCUT2D eigenvalue weighted by Gasteiger charge is 2.57. The molecule has 0 spiro atoms. The van der Waals surface area contributed by atoms with Crippen molar-refractivity contribution in [3.8, 4) is 11.5 Å². The van der Waals surface area contributed by atoms with Crippen LogP contribution in [0.3, 0.4) is 0 Å². The Morgan fingerprint density at radius 2 is 1.96 bits per heavy atom. The average Bonchev–Trinajstić information content (AvgIpc) is 3.12. The maximum absolute atomic E-state index is 13.1. The van der Waals surface area contributed by atoms with E-state index in [0.717, 1.165) is 12.8 Å². The SMILES string of the molecule is COc1cc(Cl)c(S(=O)(=O)N2C[C@@H]3CCC[C@@]3(C(=O)O)C2)cc1OC. The van der Waals surface area contributed by atoms with Crippen LogP contribution in [0.1, 0.15) is 19.3 Å². The van der Waals surface area contributed by atoms with Gasteiger partial charge in [-0.1, -0.05) is 18.0 Å². The minimum atomic E-state index is -3.94. The summed E-state index contributed by atoms with van der Waals surface area (Å²) in [6.07, 6.45) is 2.03. The number of methoxy groups -OCH3 is 2. The van der Waals surface area contributed by atoms with Gasteiger partial charge in [-0.05, 0) is 18.8 Å². The van der Waals surface area contributed by atoms with Gasteiger partial charge < -0.3 is 14.6 Å². The van der Waals surface area contributed by atoms with Gasteiger partial charge in [0.1, 0.15) is 4.90 Å². The summed E-state index contributed by atoms with van der Waals surface area (Å²) in [5, 5.41) is 9.66. The molecule has 1 aromatic rings. The predicted octanol–water partition coefficient (Wildman–Crippen LogP) is 2.23. The lowest BCUT2D eigenvalue weighted by Crippen LogP contribution is -2.37. The smallest absolute Gasteiger partial charge is 0.311 e. The van der Waals surface area contributed by atoms with Crippen molar-refractivity contribution in [2.45, 2.75) is 24.2 Å². The third-order valence-corrected chi connectivity index (χ3v) is 7.60. The summed E-state index contributed by atoms with van der Waals surface area (Å²) in [4.78, 5) is 11.7. The van der Waals surface area contributed by atoms with E-state index in [1.807, 2.05) is 0 Å². The number of hydrogen-bond acceptors (Lipinski definition) is 5. The molecule has 1 saturated carbocycles. The molecule has 1 aliphatic heterocycles. The van der Waals surface area contributed by atoms with Crippen LogP contribution < -0.4 is 9.47 Å². The van der Waals surface area contributed by atoms with Crippen molar-refractivity contribution in [2.75, 3.05) is 27.3 Å². The molecule has 7 nitrogen and oxygen atoms in total. The molecule has 1 aliphatic carbocycles. The number of nitrogens with zero attached hydrogens (tertiary/aromatic N) is 1. The quantitative estimate of drug-likeness (QED) is 0.830. The third kappa shape index (κ3) is 2.76. The molecule has 138 valence electrons. The first-order valence-electron chi connectivity index (χ1n) is 7.91. The van der Waals surface area contributed by atoms with E-state index in [4.69, 9.17) is 21.1 Å². The largest absolute Gasteiger partial charge is 0.493 e. The molecule has 0 unspecified atom stereocenters. The standard InChI is InChI=1S/C16H20ClNO6S/c1-23-12-6-11(17)14(7-13(12)24-2)25(21,22)18-8-10-4-3-5-16(10,9-18)15(19)20/h6-7,10H,3-5,8-9H2,1-2H3,(H,19,20)/t10-,16+/m0/s1. The molecule has 25 heavy (non-hydrogen) atoms. The molecular formula is C16H20ClNO6S. The van der Waals surface area contributed by atoms with Crippen LogP contribution in [-0.2, 0) is 14.8 Å². The number of rotatable bonds is 5. The van der Waals surface area contributed by atoms with Crippen molar-refractivity contribution in [3.05, 3.63) is 17.2 Å². The van der Waals surface area contributed by atoms with Gasteiger partial charge >= 0.3 is 5.97 Å². The summed E-state index contributed by atoms with van der Waals surface area (Å²) in [5.41, 5.74) is -0.990. The molecule has 1 heterocycles. The minimum absolute atomic E-state index is 0.0130. The highest BCUT2D eigenvalue weighted by molar-refractivity contribution is 7.89. The second-order valence-electron chi connectivity index (χ2n) is 6.49. The van der Waals surface area contributed by atoms with Crippen molar-refractivity contribution >= 4 is 27.6 Å². The van der Waals surface area contributed by atoms with E-state index in [2.05, 4.69) is 0 Å². The lowest BCUT2D eigenvalue weighted by Gasteiger charge is -2.23. The number of carboxylic acids is 1. The fourth-order valence-electron chi connectivity index (χ4n) is 3.95. The number of sulfonamides is 1. The van der Waals surface area contributed by atoms with Crippen molar-refractivity contribution in [2.24, 2.45) is 11.3 Å². The van der Waals surface area contributed by atoms with Gasteiger partial charge in [0, 0.05) is 25.2 Å². The number of benzene rings is 1. The second-order valence-corrected chi connectivity index (χ2v) is 8.80. The summed E-state index contributed by atoms with van der Waals surface area (Å²) < 4.78 is 37.7. The van der Waals surface area contributed by atoms with E-state index in [1.54, 1.807) is 0 Å². The maximum atomic E-state index is 13.1. The highest BCUT2D eigenvalue weighted by atomic mass is 35.5. The Balaban J connectivity index is 2.00. The highest BCUT2D eigenvalue weighted by Crippen LogP contribution is 2.50. The normalized spacial score (nSPS) is 26.4. The Morgan fingerprint density at radius 1 is 1.32 bits per heavy atom. The van der Waals surface area contributed by atoms with E-state index in [-0.39, 0.29) is 34.7 Å². The first-order chi connectivity index (χ1) is 11.8. The molecule has 3 rings (SSSR count). The average molecular weight is 390 g/mol. The van der Waals surface area contributed by atoms with Gasteiger partial charge in [0.25, 0.3) is 0 Å². The summed E-state index contributed by atoms with van der Waals surface area (Å²) in [5.74, 6) is -0.519. The Hall–Kier alpha value is -1.51. The zero-order valence-corrected chi connectivity index (χ0v) is 15.6. The molecule has 2 aliphatic rings. The Bertz CT molecular complexity index is 811. The van der Waals surface area contributed by atoms with Crippen LogP contribution in [0.25, 0.3) is 0 Å². The van der Waals surface area contributed by atoms with Crippen molar-refractivity contribution < 1.29 is 27.8 Å². The number of hydrogen-bond donors (Lipinski definition) is 1. The lowest BCUT2D eigenvalue weighted by atomic mass is 9.81. The number of aliphatic carboxylic acids is 1. The second kappa shape index (κ2) is 6.34. The van der Waals surface area contributed by atoms with E-state index in [0.29, 0.717) is 12.2 Å². The van der Waals surface area contributed by atoms with E-state index in [1.165, 1.54) is 30.7 Å². The molecule has 1 aromatic carbocycles. The van der Waals surface area contributed by atoms with E-state index in [9.17, 15) is 18.3 Å². The Labute approximate surface area is 151 Å². The van der Waals surface area contributed by atoms with Crippen LogP contribution in [0.4, 0.5) is 0 Å². The number of ether oxygens (including phenoxy) is 2. The maximum Gasteiger partial charge on any atom is 0.311 e. The van der Waals surface area contributed by atoms with Crippen LogP contribution in [0, 0.1) is 11.3 Å². The van der Waals surface area contributed by atoms with Gasteiger partial charge in [0.15, 0.2) is 11.5 Å². The zero-order valence-electron chi connectivity index (χ0n) is 14.0. The summed E-state index contributed by atoms with van der Waals surface area (Å²) in [6, 6.07) is 2.70. The van der Waals surface area contributed by atoms with Crippen molar-refractivity contribution in [1.82, 2.24) is 4.31 Å². The van der Waals surface area contributed by atoms with Gasteiger partial charge in [-0.2, -0.15) is 4.31 Å². The fourth-order valence-corrected chi connectivity index (χ4v) is 6.01. The summed E-state index contributed by atoms with van der Waals surface area (Å²) >= 11 is 6.16. The van der Waals surface area contributed by atoms with Crippen LogP contribution in [0.5, 0.6) is 11.5 Å². The fraction of sp³-hybridized carbons (Fsp3) is 0.562. The van der Waals surface area contributed by atoms with Crippen LogP contribution >= 0.6 is 11.6 Å². The number of carbonyl (C=O) groups is 1. The molecule has 0 amide bonds. The summed E-state index contributed by atoms with van der Waals surface area (Å²) in [7, 11) is -1.10. The molecule has 2 atom stereocenters. The molecular weight excluding hydrogens is 370 g/mol. The Kier molecular flexibility index (Phi) is 4.63. The van der Waals surface area contributed by atoms with E-state index >= 15 is 0 Å². The minimum Gasteiger partial charge on any atom is -0.493 e. The molecule has 0 radical (unpaired) electrons. The van der Waals surface area contributed by atoms with Gasteiger partial charge in [-0.25, -0.2) is 8.42 Å². The Morgan fingerprint density at radius 3 is 2.52 bits per heavy atom. The lowest BCUT2D eigenvalue weighted by molar-refractivity contribution is -0.149. The molecule has 2 fully saturated rings. The van der Waals surface area contributed by atoms with Crippen molar-refractivity contribution in [3.63, 3.8) is 0 Å². The molecule has 1 N–H and O–H groups in total. The number of carboxylic acid groups (broad SMARTS) is 1. The van der Waals surface area contributed by atoms with Gasteiger partial charge in [0.05, 0.1) is 24.7 Å². The van der Waals surface area contributed by atoms with Crippen molar-refractivity contribution in [1.29, 1.82) is 0 Å². The summed E-state index contributed by atoms with van der Waals surface area (Å²) in [6.45, 7) is 0.166. The van der Waals surface area contributed by atoms with Gasteiger partial charge in [0.2, 0.25) is 10.0 Å². The zero-order chi connectivity index (χ0) is 18.4. The third-order valence-electron chi connectivity index (χ3n) is 5.32. The number of halogens is 1. The molecule has 9 heteroatoms. The first kappa shape index (κ1) is 18.3. The topological polar surface area (TPSA) is 93.1 Å². The first-order valence-corrected chi connectivity index (χ1v) is 9.73.